The topological polar surface area (TPSA) is 38.5 Å². The molecule has 4 heteroatoms. The zero-order valence-electron chi connectivity index (χ0n) is 12.1. The molecule has 1 aliphatic rings. The lowest BCUT2D eigenvalue weighted by molar-refractivity contribution is 0.248. The summed E-state index contributed by atoms with van der Waals surface area (Å²) in [6, 6.07) is 6.24. The van der Waals surface area contributed by atoms with Gasteiger partial charge in [-0.1, -0.05) is 6.07 Å². The van der Waals surface area contributed by atoms with Crippen molar-refractivity contribution in [2.75, 3.05) is 26.0 Å². The van der Waals surface area contributed by atoms with Crippen LogP contribution in [0.4, 0.5) is 0 Å². The van der Waals surface area contributed by atoms with Crippen molar-refractivity contribution < 1.29 is 4.74 Å². The minimum Gasteiger partial charge on any atom is -0.496 e. The average Bonchev–Trinajstić information content (AvgIpc) is 2.37. The number of methoxy groups -OCH3 is 1. The molecule has 1 aliphatic heterocycles. The van der Waals surface area contributed by atoms with Crippen LogP contribution in [0, 0.1) is 0 Å². The fourth-order valence-corrected chi connectivity index (χ4v) is 3.75. The molecule has 0 aromatic heterocycles. The third kappa shape index (κ3) is 3.88. The van der Waals surface area contributed by atoms with E-state index >= 15 is 0 Å². The Labute approximate surface area is 120 Å². The molecule has 3 nitrogen and oxygen atoms in total. The number of benzene rings is 1. The van der Waals surface area contributed by atoms with Gasteiger partial charge in [-0.15, -0.1) is 0 Å². The third-order valence-corrected chi connectivity index (χ3v) is 4.78. The van der Waals surface area contributed by atoms with E-state index in [1.807, 2.05) is 12.1 Å². The lowest BCUT2D eigenvalue weighted by Gasteiger charge is -2.37. The quantitative estimate of drug-likeness (QED) is 0.919. The largest absolute Gasteiger partial charge is 0.496 e. The summed E-state index contributed by atoms with van der Waals surface area (Å²) in [5.74, 6) is 2.17. The lowest BCUT2D eigenvalue weighted by Crippen LogP contribution is -2.42. The zero-order chi connectivity index (χ0) is 13.9. The molecule has 1 fully saturated rings. The first-order chi connectivity index (χ1) is 9.04. The second kappa shape index (κ2) is 6.16. The molecule has 1 aromatic carbocycles. The molecule has 106 valence electrons. The van der Waals surface area contributed by atoms with Crippen molar-refractivity contribution in [3.8, 4) is 5.75 Å². The number of nitrogens with zero attached hydrogens (tertiary/aromatic N) is 1. The molecule has 0 aliphatic carbocycles. The van der Waals surface area contributed by atoms with E-state index in [-0.39, 0.29) is 0 Å². The van der Waals surface area contributed by atoms with E-state index in [9.17, 15) is 0 Å². The van der Waals surface area contributed by atoms with Crippen molar-refractivity contribution in [3.05, 3.63) is 29.3 Å². The summed E-state index contributed by atoms with van der Waals surface area (Å²) in [5, 5.41) is 0. The highest BCUT2D eigenvalue weighted by Gasteiger charge is 2.27. The van der Waals surface area contributed by atoms with Crippen LogP contribution in [0.15, 0.2) is 18.2 Å². The van der Waals surface area contributed by atoms with Crippen LogP contribution < -0.4 is 10.5 Å². The van der Waals surface area contributed by atoms with Gasteiger partial charge in [-0.2, -0.15) is 11.8 Å². The van der Waals surface area contributed by atoms with Gasteiger partial charge in [0.1, 0.15) is 5.75 Å². The van der Waals surface area contributed by atoms with Crippen LogP contribution in [0.25, 0.3) is 0 Å². The molecule has 0 saturated carbocycles. The van der Waals surface area contributed by atoms with E-state index in [2.05, 4.69) is 36.6 Å². The molecule has 1 heterocycles. The van der Waals surface area contributed by atoms with Gasteiger partial charge in [0.2, 0.25) is 0 Å². The van der Waals surface area contributed by atoms with E-state index in [0.717, 1.165) is 25.4 Å². The molecule has 0 amide bonds. The highest BCUT2D eigenvalue weighted by atomic mass is 32.2. The first-order valence-corrected chi connectivity index (χ1v) is 7.75. The van der Waals surface area contributed by atoms with Gasteiger partial charge < -0.3 is 10.5 Å². The maximum Gasteiger partial charge on any atom is 0.123 e. The first kappa shape index (κ1) is 14.7. The molecule has 0 bridgehead atoms. The van der Waals surface area contributed by atoms with Gasteiger partial charge in [-0.3, -0.25) is 4.90 Å². The summed E-state index contributed by atoms with van der Waals surface area (Å²) in [6.45, 7) is 8.42. The van der Waals surface area contributed by atoms with Crippen LogP contribution in [-0.2, 0) is 13.1 Å². The number of nitrogens with two attached hydrogens (primary N) is 1. The second-order valence-corrected chi connectivity index (χ2v) is 7.47. The molecule has 1 saturated heterocycles. The van der Waals surface area contributed by atoms with Gasteiger partial charge in [-0.25, -0.2) is 0 Å². The Morgan fingerprint density at radius 1 is 1.42 bits per heavy atom. The van der Waals surface area contributed by atoms with E-state index < -0.39 is 0 Å². The van der Waals surface area contributed by atoms with E-state index in [1.54, 1.807) is 7.11 Å². The minimum atomic E-state index is 0.344. The maximum atomic E-state index is 5.73. The SMILES string of the molecule is COc1ccc(CN)cc1CN1CCSC(C)(C)C1. The van der Waals surface area contributed by atoms with Crippen LogP contribution in [0.2, 0.25) is 0 Å². The predicted molar refractivity (Wildman–Crippen MR) is 82.7 cm³/mol. The number of hydrogen-bond acceptors (Lipinski definition) is 4. The molecule has 1 aromatic rings. The monoisotopic (exact) mass is 280 g/mol. The number of thioether (sulfide) groups is 1. The van der Waals surface area contributed by atoms with Crippen molar-refractivity contribution in [2.45, 2.75) is 31.7 Å². The van der Waals surface area contributed by atoms with Crippen molar-refractivity contribution in [1.82, 2.24) is 4.90 Å². The van der Waals surface area contributed by atoms with Crippen LogP contribution in [0.1, 0.15) is 25.0 Å². The Bertz CT molecular complexity index is 434. The molecule has 2 rings (SSSR count). The summed E-state index contributed by atoms with van der Waals surface area (Å²) >= 11 is 2.06. The average molecular weight is 280 g/mol. The zero-order valence-corrected chi connectivity index (χ0v) is 12.9. The van der Waals surface area contributed by atoms with Crippen molar-refractivity contribution >= 4 is 11.8 Å². The van der Waals surface area contributed by atoms with Gasteiger partial charge in [0.05, 0.1) is 7.11 Å². The van der Waals surface area contributed by atoms with Gasteiger partial charge in [0.25, 0.3) is 0 Å². The molecular formula is C15H24N2OS. The Balaban J connectivity index is 2.13. The summed E-state index contributed by atoms with van der Waals surface area (Å²) < 4.78 is 5.81. The predicted octanol–water partition coefficient (Wildman–Crippen LogP) is 2.48. The number of rotatable bonds is 4. The smallest absolute Gasteiger partial charge is 0.123 e. The second-order valence-electron chi connectivity index (χ2n) is 5.67. The van der Waals surface area contributed by atoms with Crippen molar-refractivity contribution in [1.29, 1.82) is 0 Å². The van der Waals surface area contributed by atoms with Crippen LogP contribution in [0.5, 0.6) is 5.75 Å². The van der Waals surface area contributed by atoms with Crippen LogP contribution in [0.3, 0.4) is 0 Å². The Kier molecular flexibility index (Phi) is 4.76. The van der Waals surface area contributed by atoms with Gasteiger partial charge in [-0.05, 0) is 31.5 Å². The Morgan fingerprint density at radius 2 is 2.21 bits per heavy atom. The fourth-order valence-electron chi connectivity index (χ4n) is 2.57. The van der Waals surface area contributed by atoms with Gasteiger partial charge in [0.15, 0.2) is 0 Å². The lowest BCUT2D eigenvalue weighted by atomic mass is 10.1. The van der Waals surface area contributed by atoms with Crippen molar-refractivity contribution in [3.63, 3.8) is 0 Å². The van der Waals surface area contributed by atoms with E-state index in [1.165, 1.54) is 16.9 Å². The molecule has 19 heavy (non-hydrogen) atoms. The fraction of sp³-hybridized carbons (Fsp3) is 0.600. The summed E-state index contributed by atoms with van der Waals surface area (Å²) in [4.78, 5) is 2.51. The van der Waals surface area contributed by atoms with Gasteiger partial charge >= 0.3 is 0 Å². The normalized spacial score (nSPS) is 19.4. The Hall–Kier alpha value is -0.710. The maximum absolute atomic E-state index is 5.73. The Morgan fingerprint density at radius 3 is 2.84 bits per heavy atom. The highest BCUT2D eigenvalue weighted by Crippen LogP contribution is 2.31. The number of ether oxygens (including phenoxy) is 1. The molecule has 0 radical (unpaired) electrons. The summed E-state index contributed by atoms with van der Waals surface area (Å²) in [6.07, 6.45) is 0. The summed E-state index contributed by atoms with van der Waals surface area (Å²) in [7, 11) is 1.73. The minimum absolute atomic E-state index is 0.344. The van der Waals surface area contributed by atoms with Crippen molar-refractivity contribution in [2.24, 2.45) is 5.73 Å². The van der Waals surface area contributed by atoms with E-state index in [0.29, 0.717) is 11.3 Å². The van der Waals surface area contributed by atoms with Gasteiger partial charge in [0, 0.05) is 42.2 Å². The van der Waals surface area contributed by atoms with E-state index in [4.69, 9.17) is 10.5 Å². The summed E-state index contributed by atoms with van der Waals surface area (Å²) in [5.41, 5.74) is 8.14. The highest BCUT2D eigenvalue weighted by molar-refractivity contribution is 8.00. The molecule has 0 atom stereocenters. The standard InChI is InChI=1S/C15H24N2OS/c1-15(2)11-17(6-7-19-15)10-13-8-12(9-16)4-5-14(13)18-3/h4-5,8H,6-7,9-11,16H2,1-3H3. The molecule has 2 N–H and O–H groups in total. The molecular weight excluding hydrogens is 256 g/mol. The third-order valence-electron chi connectivity index (χ3n) is 3.48. The molecule has 0 unspecified atom stereocenters. The number of hydrogen-bond donors (Lipinski definition) is 1. The van der Waals surface area contributed by atoms with Crippen LogP contribution in [-0.4, -0.2) is 35.6 Å². The molecule has 0 spiro atoms. The first-order valence-electron chi connectivity index (χ1n) is 6.76. The van der Waals surface area contributed by atoms with Crippen LogP contribution >= 0.6 is 11.8 Å².